The first kappa shape index (κ1) is 18.1. The molecule has 138 valence electrons. The summed E-state index contributed by atoms with van der Waals surface area (Å²) in [6, 6.07) is 17.9. The Hall–Kier alpha value is -3.24. The molecule has 0 bridgehead atoms. The average molecular weight is 367 g/mol. The molecule has 1 fully saturated rings. The van der Waals surface area contributed by atoms with Crippen molar-refractivity contribution in [3.8, 4) is 12.1 Å². The van der Waals surface area contributed by atoms with Crippen molar-refractivity contribution < 1.29 is 4.79 Å². The fourth-order valence-electron chi connectivity index (χ4n) is 4.41. The Morgan fingerprint density at radius 2 is 2.04 bits per heavy atom. The number of carbonyl (C=O) groups excluding carboxylic acids is 1. The number of rotatable bonds is 3. The highest BCUT2D eigenvalue weighted by molar-refractivity contribution is 5.90. The minimum Gasteiger partial charge on any atom is -0.272 e. The number of fused-ring (bicyclic) bond motifs is 2. The topological polar surface area (TPSA) is 77.0 Å². The van der Waals surface area contributed by atoms with Gasteiger partial charge in [0.15, 0.2) is 0 Å². The predicted octanol–water partition coefficient (Wildman–Crippen LogP) is 3.08. The lowest BCUT2D eigenvalue weighted by molar-refractivity contribution is -0.120. The van der Waals surface area contributed by atoms with Crippen molar-refractivity contribution in [3.05, 3.63) is 69.7 Å². The molecule has 1 heterocycles. The maximum atomic E-state index is 12.5. The Morgan fingerprint density at radius 1 is 1.18 bits per heavy atom. The van der Waals surface area contributed by atoms with Crippen LogP contribution in [0.15, 0.2) is 47.5 Å². The predicted molar refractivity (Wildman–Crippen MR) is 105 cm³/mol. The maximum Gasteiger partial charge on any atom is 0.253 e. The molecule has 0 N–H and O–H groups in total. The van der Waals surface area contributed by atoms with Crippen LogP contribution in [0.1, 0.15) is 49.3 Å². The second-order valence-corrected chi connectivity index (χ2v) is 7.94. The zero-order valence-corrected chi connectivity index (χ0v) is 15.9. The number of nitrogens with zero attached hydrogens (tertiary/aromatic N) is 3. The molecule has 1 amide bonds. The average Bonchev–Trinajstić information content (AvgIpc) is 2.73. The highest BCUT2D eigenvalue weighted by atomic mass is 16.1. The van der Waals surface area contributed by atoms with Gasteiger partial charge in [-0.15, -0.1) is 0 Å². The first-order chi connectivity index (χ1) is 13.5. The molecule has 1 saturated carbocycles. The fraction of sp³-hybridized carbons (Fsp3) is 0.333. The van der Waals surface area contributed by atoms with Crippen molar-refractivity contribution >= 4 is 11.5 Å². The van der Waals surface area contributed by atoms with E-state index in [0.717, 1.165) is 42.0 Å². The third-order valence-electron chi connectivity index (χ3n) is 5.98. The second kappa shape index (κ2) is 7.06. The van der Waals surface area contributed by atoms with Crippen molar-refractivity contribution in [1.29, 1.82) is 10.5 Å². The zero-order valence-electron chi connectivity index (χ0n) is 15.9. The number of benzene rings is 2. The summed E-state index contributed by atoms with van der Waals surface area (Å²) >= 11 is 0. The van der Waals surface area contributed by atoms with Crippen LogP contribution in [0.5, 0.6) is 0 Å². The fourth-order valence-corrected chi connectivity index (χ4v) is 4.41. The molecule has 0 aromatic heterocycles. The Morgan fingerprint density at radius 3 is 2.82 bits per heavy atom. The van der Waals surface area contributed by atoms with E-state index >= 15 is 0 Å². The van der Waals surface area contributed by atoms with Crippen molar-refractivity contribution in [2.24, 2.45) is 10.9 Å². The monoisotopic (exact) mass is 367 g/mol. The normalized spacial score (nSPS) is 20.0. The number of carbonyl (C=O) groups is 1. The van der Waals surface area contributed by atoms with E-state index in [0.29, 0.717) is 17.3 Å². The van der Waals surface area contributed by atoms with Crippen LogP contribution < -0.4 is 10.6 Å². The quantitative estimate of drug-likeness (QED) is 0.836. The first-order valence-electron chi connectivity index (χ1n) is 9.70. The van der Waals surface area contributed by atoms with Crippen LogP contribution >= 0.6 is 0 Å². The molecule has 1 aliphatic carbocycles. The molecule has 28 heavy (non-hydrogen) atoms. The van der Waals surface area contributed by atoms with Gasteiger partial charge in [0.1, 0.15) is 0 Å². The molecule has 2 atom stereocenters. The van der Waals surface area contributed by atoms with Crippen molar-refractivity contribution in [3.63, 3.8) is 0 Å². The highest BCUT2D eigenvalue weighted by Crippen LogP contribution is 2.32. The zero-order chi connectivity index (χ0) is 19.7. The lowest BCUT2D eigenvalue weighted by atomic mass is 9.77. The molecule has 4 heteroatoms. The molecule has 0 saturated heterocycles. The van der Waals surface area contributed by atoms with Gasteiger partial charge in [0.05, 0.1) is 34.4 Å². The number of amides is 1. The van der Waals surface area contributed by atoms with Gasteiger partial charge in [-0.25, -0.2) is 4.99 Å². The Bertz CT molecular complexity index is 1170. The summed E-state index contributed by atoms with van der Waals surface area (Å²) < 4.78 is 0. The largest absolute Gasteiger partial charge is 0.272 e. The van der Waals surface area contributed by atoms with Gasteiger partial charge in [-0.1, -0.05) is 30.7 Å². The van der Waals surface area contributed by atoms with E-state index < -0.39 is 5.41 Å². The van der Waals surface area contributed by atoms with Gasteiger partial charge < -0.3 is 0 Å². The van der Waals surface area contributed by atoms with Gasteiger partial charge in [-0.2, -0.15) is 10.5 Å². The summed E-state index contributed by atoms with van der Waals surface area (Å²) in [6.45, 7) is 1.90. The standard InChI is InChI=1S/C24H21N3O/c1-24(15-26,13-16-5-4-6-17(11-16)14-25)18-9-10-20-19-7-2-3-8-21(19)23(28)27-22(20)12-18/h4-6,9-12,21H,2-3,7-8,13H2,1H3. The van der Waals surface area contributed by atoms with E-state index in [2.05, 4.69) is 17.1 Å². The van der Waals surface area contributed by atoms with Gasteiger partial charge in [0, 0.05) is 5.22 Å². The van der Waals surface area contributed by atoms with Gasteiger partial charge in [0.2, 0.25) is 0 Å². The molecule has 2 aromatic carbocycles. The van der Waals surface area contributed by atoms with Gasteiger partial charge in [-0.05, 0) is 67.5 Å². The molecule has 0 radical (unpaired) electrons. The summed E-state index contributed by atoms with van der Waals surface area (Å²) in [4.78, 5) is 16.9. The molecule has 2 unspecified atom stereocenters. The van der Waals surface area contributed by atoms with Crippen LogP contribution in [-0.2, 0) is 16.6 Å². The molecule has 2 aliphatic rings. The van der Waals surface area contributed by atoms with Gasteiger partial charge in [-0.3, -0.25) is 4.79 Å². The molecule has 4 nitrogen and oxygen atoms in total. The van der Waals surface area contributed by atoms with E-state index in [1.165, 1.54) is 5.57 Å². The minimum absolute atomic E-state index is 0.0419. The molecular formula is C24H21N3O. The molecule has 4 rings (SSSR count). The highest BCUT2D eigenvalue weighted by Gasteiger charge is 2.31. The van der Waals surface area contributed by atoms with E-state index in [1.54, 1.807) is 6.07 Å². The van der Waals surface area contributed by atoms with E-state index in [4.69, 9.17) is 5.26 Å². The smallest absolute Gasteiger partial charge is 0.253 e. The molecular weight excluding hydrogens is 346 g/mol. The number of hydrogen-bond acceptors (Lipinski definition) is 3. The second-order valence-electron chi connectivity index (χ2n) is 7.94. The third kappa shape index (κ3) is 3.12. The molecule has 0 spiro atoms. The van der Waals surface area contributed by atoms with Gasteiger partial charge in [0.25, 0.3) is 5.91 Å². The van der Waals surface area contributed by atoms with Gasteiger partial charge >= 0.3 is 0 Å². The number of hydrogen-bond donors (Lipinski definition) is 0. The Labute approximate surface area is 164 Å². The van der Waals surface area contributed by atoms with Crippen LogP contribution in [0, 0.1) is 28.6 Å². The third-order valence-corrected chi connectivity index (χ3v) is 5.98. The first-order valence-corrected chi connectivity index (χ1v) is 9.70. The Balaban J connectivity index is 1.78. The summed E-state index contributed by atoms with van der Waals surface area (Å²) in [6.07, 6.45) is 4.53. The van der Waals surface area contributed by atoms with Crippen molar-refractivity contribution in [1.82, 2.24) is 0 Å². The Kier molecular flexibility index (Phi) is 4.57. The molecule has 2 aromatic rings. The summed E-state index contributed by atoms with van der Waals surface area (Å²) in [7, 11) is 0. The lowest BCUT2D eigenvalue weighted by Gasteiger charge is -2.26. The summed E-state index contributed by atoms with van der Waals surface area (Å²) in [5.74, 6) is -0.0945. The SMILES string of the molecule is CC(C#N)(Cc1cccc(C#N)c1)c1ccc2c(c1)=NC(=O)C1CCCCC=21. The maximum absolute atomic E-state index is 12.5. The van der Waals surface area contributed by atoms with Crippen molar-refractivity contribution in [2.45, 2.75) is 44.4 Å². The number of nitriles is 2. The minimum atomic E-state index is -0.768. The van der Waals surface area contributed by atoms with Crippen LogP contribution in [0.2, 0.25) is 0 Å². The van der Waals surface area contributed by atoms with Crippen molar-refractivity contribution in [2.75, 3.05) is 0 Å². The van der Waals surface area contributed by atoms with Crippen LogP contribution in [0.25, 0.3) is 5.57 Å². The lowest BCUT2D eigenvalue weighted by Crippen LogP contribution is -2.40. The van der Waals surface area contributed by atoms with E-state index in [-0.39, 0.29) is 11.8 Å². The summed E-state index contributed by atoms with van der Waals surface area (Å²) in [5.41, 5.74) is 2.82. The van der Waals surface area contributed by atoms with Crippen LogP contribution in [0.3, 0.4) is 0 Å². The summed E-state index contributed by atoms with van der Waals surface area (Å²) in [5, 5.41) is 20.8. The molecule has 1 aliphatic heterocycles. The van der Waals surface area contributed by atoms with E-state index in [1.807, 2.05) is 43.3 Å². The van der Waals surface area contributed by atoms with Crippen LogP contribution in [0.4, 0.5) is 0 Å². The van der Waals surface area contributed by atoms with Crippen LogP contribution in [-0.4, -0.2) is 5.91 Å². The van der Waals surface area contributed by atoms with E-state index in [9.17, 15) is 10.1 Å².